The zero-order valence-electron chi connectivity index (χ0n) is 10.7. The summed E-state index contributed by atoms with van der Waals surface area (Å²) in [6.45, 7) is 2.05. The molecule has 20 heavy (non-hydrogen) atoms. The molecule has 0 fully saturated rings. The van der Waals surface area contributed by atoms with Crippen molar-refractivity contribution in [1.82, 2.24) is 9.97 Å². The second-order valence-corrected chi connectivity index (χ2v) is 5.37. The average molecular weight is 291 g/mol. The lowest BCUT2D eigenvalue weighted by Gasteiger charge is -2.07. The average Bonchev–Trinajstić information content (AvgIpc) is 2.87. The number of hydrogen-bond donors (Lipinski definition) is 1. The predicted octanol–water partition coefficient (Wildman–Crippen LogP) is 4.28. The van der Waals surface area contributed by atoms with Gasteiger partial charge in [-0.15, -0.1) is 11.3 Å². The molecule has 3 nitrogen and oxygen atoms in total. The number of nitrogens with one attached hydrogen (secondary N) is 1. The van der Waals surface area contributed by atoms with E-state index in [0.29, 0.717) is 5.82 Å². The summed E-state index contributed by atoms with van der Waals surface area (Å²) in [5, 5.41) is 3.65. The van der Waals surface area contributed by atoms with Gasteiger partial charge in [-0.1, -0.05) is 6.92 Å². The fourth-order valence-corrected chi connectivity index (χ4v) is 2.84. The first kappa shape index (κ1) is 12.9. The van der Waals surface area contributed by atoms with Crippen LogP contribution in [0.4, 0.5) is 20.3 Å². The Hall–Kier alpha value is -2.08. The van der Waals surface area contributed by atoms with Crippen LogP contribution in [-0.2, 0) is 6.42 Å². The van der Waals surface area contributed by atoms with Crippen LogP contribution in [-0.4, -0.2) is 9.97 Å². The van der Waals surface area contributed by atoms with E-state index < -0.39 is 11.6 Å². The first-order valence-corrected chi connectivity index (χ1v) is 6.94. The van der Waals surface area contributed by atoms with Gasteiger partial charge in [0.1, 0.15) is 28.6 Å². The number of benzene rings is 1. The molecule has 0 aliphatic carbocycles. The van der Waals surface area contributed by atoms with E-state index in [1.807, 2.05) is 6.07 Å². The molecule has 0 radical (unpaired) electrons. The molecule has 0 unspecified atom stereocenters. The molecule has 1 aromatic carbocycles. The van der Waals surface area contributed by atoms with Gasteiger partial charge in [-0.3, -0.25) is 0 Å². The van der Waals surface area contributed by atoms with Crippen molar-refractivity contribution in [2.75, 3.05) is 5.32 Å². The Kier molecular flexibility index (Phi) is 3.31. The van der Waals surface area contributed by atoms with Crippen molar-refractivity contribution in [2.45, 2.75) is 13.3 Å². The van der Waals surface area contributed by atoms with Crippen molar-refractivity contribution in [1.29, 1.82) is 0 Å². The number of thiophene rings is 1. The molecule has 3 rings (SSSR count). The molecule has 3 aromatic rings. The smallest absolute Gasteiger partial charge is 0.146 e. The first-order chi connectivity index (χ1) is 9.67. The molecule has 2 heterocycles. The van der Waals surface area contributed by atoms with Crippen molar-refractivity contribution >= 4 is 33.1 Å². The van der Waals surface area contributed by atoms with Crippen LogP contribution < -0.4 is 5.32 Å². The molecule has 0 saturated heterocycles. The standard InChI is InChI=1S/C14H11F2N3S/c1-2-9-6-10-13(17-7-18-14(10)20-9)19-12-5-8(15)3-4-11(12)16/h3-7H,2H2,1H3,(H,17,18,19). The highest BCUT2D eigenvalue weighted by Gasteiger charge is 2.10. The van der Waals surface area contributed by atoms with Crippen LogP contribution in [0.15, 0.2) is 30.6 Å². The molecule has 0 atom stereocenters. The van der Waals surface area contributed by atoms with Crippen LogP contribution in [0.3, 0.4) is 0 Å². The van der Waals surface area contributed by atoms with Crippen molar-refractivity contribution in [2.24, 2.45) is 0 Å². The van der Waals surface area contributed by atoms with E-state index in [1.54, 1.807) is 11.3 Å². The third-order valence-electron chi connectivity index (χ3n) is 2.91. The molecule has 0 aliphatic rings. The SMILES string of the molecule is CCc1cc2c(Nc3cc(F)ccc3F)ncnc2s1. The molecule has 6 heteroatoms. The Bertz CT molecular complexity index is 770. The van der Waals surface area contributed by atoms with E-state index in [1.165, 1.54) is 11.2 Å². The number of rotatable bonds is 3. The maximum atomic E-state index is 13.7. The molecule has 1 N–H and O–H groups in total. The molecule has 0 amide bonds. The lowest BCUT2D eigenvalue weighted by Crippen LogP contribution is -1.97. The normalized spacial score (nSPS) is 10.9. The summed E-state index contributed by atoms with van der Waals surface area (Å²) >= 11 is 1.57. The zero-order chi connectivity index (χ0) is 14.1. The highest BCUT2D eigenvalue weighted by atomic mass is 32.1. The van der Waals surface area contributed by atoms with Crippen LogP contribution in [0.25, 0.3) is 10.2 Å². The maximum absolute atomic E-state index is 13.7. The van der Waals surface area contributed by atoms with Gasteiger partial charge in [0.25, 0.3) is 0 Å². The highest BCUT2D eigenvalue weighted by molar-refractivity contribution is 7.18. The summed E-state index contributed by atoms with van der Waals surface area (Å²) < 4.78 is 26.8. The van der Waals surface area contributed by atoms with E-state index in [9.17, 15) is 8.78 Å². The fraction of sp³-hybridized carbons (Fsp3) is 0.143. The summed E-state index contributed by atoms with van der Waals surface area (Å²) in [5.41, 5.74) is 0.0641. The number of halogens is 2. The molecule has 0 aliphatic heterocycles. The Labute approximate surface area is 118 Å². The molecule has 0 spiro atoms. The minimum Gasteiger partial charge on any atom is -0.337 e. The van der Waals surface area contributed by atoms with Crippen LogP contribution in [0.1, 0.15) is 11.8 Å². The van der Waals surface area contributed by atoms with Crippen molar-refractivity contribution in [3.05, 3.63) is 47.1 Å². The zero-order valence-corrected chi connectivity index (χ0v) is 11.5. The Morgan fingerprint density at radius 3 is 2.85 bits per heavy atom. The van der Waals surface area contributed by atoms with E-state index in [2.05, 4.69) is 22.2 Å². The monoisotopic (exact) mass is 291 g/mol. The van der Waals surface area contributed by atoms with Crippen LogP contribution in [0.5, 0.6) is 0 Å². The van der Waals surface area contributed by atoms with Crippen molar-refractivity contribution in [3.63, 3.8) is 0 Å². The number of hydrogen-bond acceptors (Lipinski definition) is 4. The second kappa shape index (κ2) is 5.13. The van der Waals surface area contributed by atoms with Gasteiger partial charge in [0.15, 0.2) is 0 Å². The van der Waals surface area contributed by atoms with Crippen molar-refractivity contribution in [3.8, 4) is 0 Å². The summed E-state index contributed by atoms with van der Waals surface area (Å²) in [5.74, 6) is -0.543. The van der Waals surface area contributed by atoms with Gasteiger partial charge >= 0.3 is 0 Å². The lowest BCUT2D eigenvalue weighted by molar-refractivity contribution is 0.603. The van der Waals surface area contributed by atoms with E-state index >= 15 is 0 Å². The molecule has 2 aromatic heterocycles. The predicted molar refractivity (Wildman–Crippen MR) is 76.4 cm³/mol. The molecule has 0 bridgehead atoms. The third-order valence-corrected chi connectivity index (χ3v) is 4.10. The largest absolute Gasteiger partial charge is 0.337 e. The quantitative estimate of drug-likeness (QED) is 0.783. The second-order valence-electron chi connectivity index (χ2n) is 4.26. The summed E-state index contributed by atoms with van der Waals surface area (Å²) in [6, 6.07) is 5.24. The minimum atomic E-state index is -0.524. The molecular weight excluding hydrogens is 280 g/mol. The number of fused-ring (bicyclic) bond motifs is 1. The van der Waals surface area contributed by atoms with Gasteiger partial charge < -0.3 is 5.32 Å². The number of aromatic nitrogens is 2. The number of nitrogens with zero attached hydrogens (tertiary/aromatic N) is 2. The van der Waals surface area contributed by atoms with E-state index in [-0.39, 0.29) is 5.69 Å². The van der Waals surface area contributed by atoms with Gasteiger partial charge in [-0.2, -0.15) is 0 Å². The van der Waals surface area contributed by atoms with Crippen LogP contribution in [0.2, 0.25) is 0 Å². The topological polar surface area (TPSA) is 37.8 Å². The summed E-state index contributed by atoms with van der Waals surface area (Å²) in [7, 11) is 0. The maximum Gasteiger partial charge on any atom is 0.146 e. The highest BCUT2D eigenvalue weighted by Crippen LogP contribution is 2.30. The van der Waals surface area contributed by atoms with Gasteiger partial charge in [-0.25, -0.2) is 18.7 Å². The Morgan fingerprint density at radius 2 is 2.05 bits per heavy atom. The van der Waals surface area contributed by atoms with E-state index in [0.717, 1.165) is 34.8 Å². The Morgan fingerprint density at radius 1 is 1.20 bits per heavy atom. The van der Waals surface area contributed by atoms with Crippen LogP contribution in [0, 0.1) is 11.6 Å². The van der Waals surface area contributed by atoms with E-state index in [4.69, 9.17) is 0 Å². The van der Waals surface area contributed by atoms with Gasteiger partial charge in [0.05, 0.1) is 11.1 Å². The lowest BCUT2D eigenvalue weighted by atomic mass is 10.2. The number of anilines is 2. The molecule has 0 saturated carbocycles. The van der Waals surface area contributed by atoms with Gasteiger partial charge in [-0.05, 0) is 24.6 Å². The van der Waals surface area contributed by atoms with Crippen LogP contribution >= 0.6 is 11.3 Å². The first-order valence-electron chi connectivity index (χ1n) is 6.13. The number of aryl methyl sites for hydroxylation is 1. The molecule has 102 valence electrons. The van der Waals surface area contributed by atoms with Gasteiger partial charge in [0, 0.05) is 10.9 Å². The fourth-order valence-electron chi connectivity index (χ4n) is 1.90. The summed E-state index contributed by atoms with van der Waals surface area (Å²) in [4.78, 5) is 10.3. The minimum absolute atomic E-state index is 0.0641. The van der Waals surface area contributed by atoms with Crippen molar-refractivity contribution < 1.29 is 8.78 Å². The molecular formula is C14H11F2N3S. The Balaban J connectivity index is 2.06. The third kappa shape index (κ3) is 2.34. The van der Waals surface area contributed by atoms with Gasteiger partial charge in [0.2, 0.25) is 0 Å². The summed E-state index contributed by atoms with van der Waals surface area (Å²) in [6.07, 6.45) is 2.31.